The first-order chi connectivity index (χ1) is 15.7. The number of hydrogen-bond donors (Lipinski definition) is 0. The van der Waals surface area contributed by atoms with Crippen LogP contribution in [0.2, 0.25) is 0 Å². The van der Waals surface area contributed by atoms with Crippen molar-refractivity contribution in [2.45, 2.75) is 26.3 Å². The molecule has 2 aromatic carbocycles. The van der Waals surface area contributed by atoms with Gasteiger partial charge in [0, 0.05) is 12.3 Å². The first-order valence-corrected chi connectivity index (χ1v) is 10.6. The number of alkyl halides is 3. The molecule has 0 aliphatic carbocycles. The molecule has 2 aromatic heterocycles. The number of nitrogens with zero attached hydrogens (tertiary/aromatic N) is 4. The number of ether oxygens (including phenoxy) is 1. The Morgan fingerprint density at radius 1 is 1.06 bits per heavy atom. The fourth-order valence-electron chi connectivity index (χ4n) is 3.25. The molecule has 0 spiro atoms. The van der Waals surface area contributed by atoms with Gasteiger partial charge in [-0.25, -0.2) is 9.97 Å². The van der Waals surface area contributed by atoms with E-state index in [9.17, 15) is 22.8 Å². The van der Waals surface area contributed by atoms with Gasteiger partial charge in [-0.1, -0.05) is 30.3 Å². The Morgan fingerprint density at radius 2 is 1.76 bits per heavy atom. The van der Waals surface area contributed by atoms with Crippen LogP contribution in [-0.2, 0) is 33.7 Å². The summed E-state index contributed by atoms with van der Waals surface area (Å²) in [6.45, 7) is 0.502. The van der Waals surface area contributed by atoms with Gasteiger partial charge in [0.1, 0.15) is 13.2 Å². The number of esters is 1. The first kappa shape index (κ1) is 22.5. The zero-order valence-corrected chi connectivity index (χ0v) is 18.1. The van der Waals surface area contributed by atoms with Crippen LogP contribution < -0.4 is 4.90 Å². The Hall–Kier alpha value is -3.73. The molecule has 7 nitrogen and oxygen atoms in total. The number of amides is 1. The molecule has 0 aliphatic rings. The molecule has 11 heteroatoms. The average molecular weight is 474 g/mol. The highest BCUT2D eigenvalue weighted by Gasteiger charge is 2.38. The van der Waals surface area contributed by atoms with Gasteiger partial charge in [-0.2, -0.15) is 13.2 Å². The molecule has 1 amide bonds. The number of anilines is 2. The normalized spacial score (nSPS) is 11.5. The summed E-state index contributed by atoms with van der Waals surface area (Å²) in [5, 5.41) is 2.01. The molecule has 2 heterocycles. The third kappa shape index (κ3) is 4.87. The van der Waals surface area contributed by atoms with Gasteiger partial charge in [0.2, 0.25) is 11.7 Å². The Balaban J connectivity index is 1.48. The van der Waals surface area contributed by atoms with Crippen LogP contribution in [-0.4, -0.2) is 26.4 Å². The molecule has 0 atom stereocenters. The van der Waals surface area contributed by atoms with E-state index in [2.05, 4.69) is 9.97 Å². The van der Waals surface area contributed by atoms with Gasteiger partial charge in [0.25, 0.3) is 0 Å². The van der Waals surface area contributed by atoms with Crippen molar-refractivity contribution in [2.75, 3.05) is 4.90 Å². The number of halogens is 3. The molecule has 33 heavy (non-hydrogen) atoms. The van der Waals surface area contributed by atoms with Crippen LogP contribution >= 0.6 is 11.3 Å². The van der Waals surface area contributed by atoms with Crippen molar-refractivity contribution in [1.29, 1.82) is 0 Å². The molecule has 0 radical (unpaired) electrons. The van der Waals surface area contributed by atoms with Crippen molar-refractivity contribution >= 4 is 45.1 Å². The maximum atomic E-state index is 13.4. The van der Waals surface area contributed by atoms with Crippen LogP contribution in [0, 0.1) is 0 Å². The summed E-state index contributed by atoms with van der Waals surface area (Å²) in [4.78, 5) is 33.8. The van der Waals surface area contributed by atoms with Gasteiger partial charge in [0.15, 0.2) is 5.13 Å². The summed E-state index contributed by atoms with van der Waals surface area (Å²) in [7, 11) is 0. The maximum absolute atomic E-state index is 13.4. The highest BCUT2D eigenvalue weighted by atomic mass is 32.1. The minimum absolute atomic E-state index is 0.131. The molecular weight excluding hydrogens is 457 g/mol. The smallest absolute Gasteiger partial charge is 0.449 e. The Morgan fingerprint density at radius 3 is 2.45 bits per heavy atom. The van der Waals surface area contributed by atoms with Crippen molar-refractivity contribution in [3.63, 3.8) is 0 Å². The van der Waals surface area contributed by atoms with E-state index < -0.39 is 24.5 Å². The molecule has 0 saturated heterocycles. The van der Waals surface area contributed by atoms with Crippen molar-refractivity contribution in [1.82, 2.24) is 14.5 Å². The van der Waals surface area contributed by atoms with E-state index >= 15 is 0 Å². The summed E-state index contributed by atoms with van der Waals surface area (Å²) < 4.78 is 46.1. The lowest BCUT2D eigenvalue weighted by molar-refractivity contribution is -0.151. The molecule has 0 saturated carbocycles. The number of carbonyl (C=O) groups is 2. The Kier molecular flexibility index (Phi) is 6.14. The number of imidazole rings is 1. The number of para-hydroxylation sites is 3. The number of carbonyl (C=O) groups excluding carboxylic acids is 2. The second-order valence-corrected chi connectivity index (χ2v) is 7.82. The molecule has 4 rings (SSSR count). The highest BCUT2D eigenvalue weighted by molar-refractivity contribution is 7.14. The van der Waals surface area contributed by atoms with Crippen molar-refractivity contribution in [3.05, 3.63) is 71.5 Å². The zero-order valence-electron chi connectivity index (χ0n) is 17.2. The lowest BCUT2D eigenvalue weighted by Gasteiger charge is -2.17. The minimum Gasteiger partial charge on any atom is -0.458 e. The number of fused-ring (bicyclic) bond motifs is 1. The van der Waals surface area contributed by atoms with Crippen LogP contribution in [0.3, 0.4) is 0 Å². The fourth-order valence-corrected chi connectivity index (χ4v) is 4.12. The van der Waals surface area contributed by atoms with Gasteiger partial charge in [0.05, 0.1) is 22.4 Å². The molecule has 0 bridgehead atoms. The third-order valence-electron chi connectivity index (χ3n) is 4.64. The Labute approximate surface area is 190 Å². The number of hydrogen-bond acceptors (Lipinski definition) is 6. The predicted molar refractivity (Wildman–Crippen MR) is 116 cm³/mol. The van der Waals surface area contributed by atoms with Crippen LogP contribution in [0.1, 0.15) is 18.4 Å². The fraction of sp³-hybridized carbons (Fsp3) is 0.182. The lowest BCUT2D eigenvalue weighted by Crippen LogP contribution is -2.22. The lowest BCUT2D eigenvalue weighted by atomic mass is 10.3. The van der Waals surface area contributed by atoms with E-state index in [1.54, 1.807) is 41.8 Å². The zero-order chi connectivity index (χ0) is 23.6. The number of benzene rings is 2. The largest absolute Gasteiger partial charge is 0.458 e. The SMILES string of the molecule is CC(=O)N(c1ccccc1)c1nc(COC(=O)Cn2c(C(F)(F)F)nc3ccccc32)cs1. The minimum atomic E-state index is -4.73. The van der Waals surface area contributed by atoms with Crippen molar-refractivity contribution in [2.24, 2.45) is 0 Å². The summed E-state index contributed by atoms with van der Waals surface area (Å²) >= 11 is 1.18. The van der Waals surface area contributed by atoms with Gasteiger partial charge in [-0.3, -0.25) is 14.5 Å². The molecule has 170 valence electrons. The second kappa shape index (κ2) is 9.02. The highest BCUT2D eigenvalue weighted by Crippen LogP contribution is 2.32. The standard InChI is InChI=1S/C22H17F3N4O3S/c1-14(30)29(16-7-3-2-4-8-16)21-26-15(13-33-21)12-32-19(31)11-28-18-10-6-5-9-17(18)27-20(28)22(23,24)25/h2-10,13H,11-12H2,1H3. The van der Waals surface area contributed by atoms with Crippen molar-refractivity contribution < 1.29 is 27.5 Å². The van der Waals surface area contributed by atoms with E-state index in [1.165, 1.54) is 35.3 Å². The van der Waals surface area contributed by atoms with E-state index in [0.717, 1.165) is 4.57 Å². The second-order valence-electron chi connectivity index (χ2n) is 6.98. The van der Waals surface area contributed by atoms with Gasteiger partial charge in [-0.15, -0.1) is 11.3 Å². The number of aromatic nitrogens is 3. The molecule has 4 aromatic rings. The summed E-state index contributed by atoms with van der Waals surface area (Å²) in [6.07, 6.45) is -4.73. The van der Waals surface area contributed by atoms with Gasteiger partial charge < -0.3 is 9.30 Å². The van der Waals surface area contributed by atoms with Crippen LogP contribution in [0.15, 0.2) is 60.0 Å². The summed E-state index contributed by atoms with van der Waals surface area (Å²) in [6, 6.07) is 14.9. The van der Waals surface area contributed by atoms with Crippen LogP contribution in [0.4, 0.5) is 24.0 Å². The van der Waals surface area contributed by atoms with Gasteiger partial charge >= 0.3 is 12.1 Å². The summed E-state index contributed by atoms with van der Waals surface area (Å²) in [5.41, 5.74) is 1.32. The Bertz CT molecular complexity index is 1300. The van der Waals surface area contributed by atoms with E-state index in [0.29, 0.717) is 16.5 Å². The quantitative estimate of drug-likeness (QED) is 0.370. The topological polar surface area (TPSA) is 77.3 Å². The summed E-state index contributed by atoms with van der Waals surface area (Å²) in [5.74, 6) is -2.29. The molecule has 0 N–H and O–H groups in total. The van der Waals surface area contributed by atoms with E-state index in [1.807, 2.05) is 6.07 Å². The number of thiazole rings is 1. The maximum Gasteiger partial charge on any atom is 0.449 e. The third-order valence-corrected chi connectivity index (χ3v) is 5.51. The predicted octanol–water partition coefficient (Wildman–Crippen LogP) is 4.94. The molecule has 0 aliphatic heterocycles. The van der Waals surface area contributed by atoms with Gasteiger partial charge in [-0.05, 0) is 24.3 Å². The molecule has 0 unspecified atom stereocenters. The van der Waals surface area contributed by atoms with Crippen molar-refractivity contribution in [3.8, 4) is 0 Å². The molecule has 0 fully saturated rings. The molecular formula is C22H17F3N4O3S. The first-order valence-electron chi connectivity index (χ1n) is 9.72. The van der Waals surface area contributed by atoms with Crippen LogP contribution in [0.5, 0.6) is 0 Å². The average Bonchev–Trinajstić information content (AvgIpc) is 3.38. The van der Waals surface area contributed by atoms with E-state index in [-0.39, 0.29) is 23.5 Å². The number of rotatable bonds is 6. The van der Waals surface area contributed by atoms with Crippen LogP contribution in [0.25, 0.3) is 11.0 Å². The van der Waals surface area contributed by atoms with E-state index in [4.69, 9.17) is 4.74 Å². The monoisotopic (exact) mass is 474 g/mol.